The maximum absolute atomic E-state index is 3.57. The molecule has 1 aromatic heterocycles. The number of hydrogen-bond donors (Lipinski definition) is 1. The molecule has 122 valence electrons. The summed E-state index contributed by atoms with van der Waals surface area (Å²) in [6, 6.07) is 4.59. The first-order valence-electron chi connectivity index (χ1n) is 8.42. The van der Waals surface area contributed by atoms with Gasteiger partial charge in [0.2, 0.25) is 0 Å². The molecule has 2 nitrogen and oxygen atoms in total. The van der Waals surface area contributed by atoms with Crippen molar-refractivity contribution in [2.75, 3.05) is 13.1 Å². The van der Waals surface area contributed by atoms with Crippen LogP contribution in [0, 0.1) is 5.92 Å². The fraction of sp³-hybridized carbons (Fsp3) is 0.778. The SMILES string of the molecule is CCC(CC)CN(CC)Cc1ccc(CNC(C)(C)C)s1. The second kappa shape index (κ2) is 8.92. The van der Waals surface area contributed by atoms with Crippen LogP contribution in [0.2, 0.25) is 0 Å². The van der Waals surface area contributed by atoms with E-state index in [1.807, 2.05) is 11.3 Å². The maximum Gasteiger partial charge on any atom is 0.0328 e. The quantitative estimate of drug-likeness (QED) is 0.698. The Bertz CT molecular complexity index is 388. The summed E-state index contributed by atoms with van der Waals surface area (Å²) in [5.74, 6) is 0.840. The van der Waals surface area contributed by atoms with Gasteiger partial charge in [-0.25, -0.2) is 0 Å². The monoisotopic (exact) mass is 310 g/mol. The molecule has 0 aliphatic carbocycles. The summed E-state index contributed by atoms with van der Waals surface area (Å²) in [7, 11) is 0. The highest BCUT2D eigenvalue weighted by Crippen LogP contribution is 2.20. The van der Waals surface area contributed by atoms with Crippen molar-refractivity contribution in [3.63, 3.8) is 0 Å². The van der Waals surface area contributed by atoms with Crippen molar-refractivity contribution in [2.24, 2.45) is 5.92 Å². The highest BCUT2D eigenvalue weighted by atomic mass is 32.1. The number of hydrogen-bond acceptors (Lipinski definition) is 3. The van der Waals surface area contributed by atoms with Gasteiger partial charge in [0.05, 0.1) is 0 Å². The van der Waals surface area contributed by atoms with Crippen LogP contribution in [0.3, 0.4) is 0 Å². The molecule has 21 heavy (non-hydrogen) atoms. The van der Waals surface area contributed by atoms with Gasteiger partial charge in [-0.3, -0.25) is 4.90 Å². The van der Waals surface area contributed by atoms with Gasteiger partial charge in [0.15, 0.2) is 0 Å². The number of nitrogens with one attached hydrogen (secondary N) is 1. The van der Waals surface area contributed by atoms with E-state index in [1.165, 1.54) is 29.1 Å². The van der Waals surface area contributed by atoms with Crippen molar-refractivity contribution in [1.29, 1.82) is 0 Å². The largest absolute Gasteiger partial charge is 0.307 e. The summed E-state index contributed by atoms with van der Waals surface area (Å²) in [4.78, 5) is 5.52. The van der Waals surface area contributed by atoms with Crippen molar-refractivity contribution in [3.05, 3.63) is 21.9 Å². The van der Waals surface area contributed by atoms with E-state index >= 15 is 0 Å². The standard InChI is InChI=1S/C18H34N2S/c1-7-15(8-2)13-20(9-3)14-17-11-10-16(21-17)12-19-18(4,5)6/h10-11,15,19H,7-9,12-14H2,1-6H3. The van der Waals surface area contributed by atoms with Gasteiger partial charge in [0.1, 0.15) is 0 Å². The fourth-order valence-corrected chi connectivity index (χ4v) is 3.39. The smallest absolute Gasteiger partial charge is 0.0328 e. The lowest BCUT2D eigenvalue weighted by molar-refractivity contribution is 0.228. The predicted molar refractivity (Wildman–Crippen MR) is 95.9 cm³/mol. The van der Waals surface area contributed by atoms with Gasteiger partial charge in [-0.2, -0.15) is 0 Å². The molecule has 1 aromatic rings. The molecule has 1 heterocycles. The van der Waals surface area contributed by atoms with E-state index in [0.717, 1.165) is 25.6 Å². The highest BCUT2D eigenvalue weighted by molar-refractivity contribution is 7.11. The summed E-state index contributed by atoms with van der Waals surface area (Å²) in [5.41, 5.74) is 0.190. The number of nitrogens with zero attached hydrogens (tertiary/aromatic N) is 1. The van der Waals surface area contributed by atoms with E-state index in [2.05, 4.69) is 63.9 Å². The molecule has 0 unspecified atom stereocenters. The van der Waals surface area contributed by atoms with Crippen LogP contribution in [0.15, 0.2) is 12.1 Å². The zero-order chi connectivity index (χ0) is 15.9. The van der Waals surface area contributed by atoms with Crippen molar-refractivity contribution < 1.29 is 0 Å². The number of thiophene rings is 1. The van der Waals surface area contributed by atoms with E-state index in [1.54, 1.807) is 0 Å². The lowest BCUT2D eigenvalue weighted by atomic mass is 10.0. The summed E-state index contributed by atoms with van der Waals surface area (Å²) in [6.07, 6.45) is 2.58. The summed E-state index contributed by atoms with van der Waals surface area (Å²) in [5, 5.41) is 3.57. The topological polar surface area (TPSA) is 15.3 Å². The minimum Gasteiger partial charge on any atom is -0.307 e. The molecular formula is C18H34N2S. The average molecular weight is 311 g/mol. The minimum absolute atomic E-state index is 0.190. The van der Waals surface area contributed by atoms with Crippen molar-refractivity contribution in [2.45, 2.75) is 73.0 Å². The molecule has 0 saturated heterocycles. The number of rotatable bonds is 9. The molecule has 0 aromatic carbocycles. The van der Waals surface area contributed by atoms with Crippen LogP contribution in [-0.4, -0.2) is 23.5 Å². The maximum atomic E-state index is 3.57. The van der Waals surface area contributed by atoms with Crippen LogP contribution in [0.25, 0.3) is 0 Å². The Hall–Kier alpha value is -0.380. The molecule has 0 fully saturated rings. The van der Waals surface area contributed by atoms with Gasteiger partial charge in [0, 0.05) is 34.9 Å². The molecule has 0 atom stereocenters. The predicted octanol–water partition coefficient (Wildman–Crippen LogP) is 4.89. The third-order valence-corrected chi connectivity index (χ3v) is 5.08. The van der Waals surface area contributed by atoms with Gasteiger partial charge >= 0.3 is 0 Å². The van der Waals surface area contributed by atoms with Crippen LogP contribution in [0.1, 0.15) is 64.1 Å². The Labute approximate surface area is 135 Å². The lowest BCUT2D eigenvalue weighted by Gasteiger charge is -2.24. The van der Waals surface area contributed by atoms with Gasteiger partial charge in [-0.1, -0.05) is 33.6 Å². The summed E-state index contributed by atoms with van der Waals surface area (Å²) >= 11 is 1.96. The first-order chi connectivity index (χ1) is 9.87. The first kappa shape index (κ1) is 18.7. The Morgan fingerprint density at radius 3 is 2.24 bits per heavy atom. The second-order valence-corrected chi connectivity index (χ2v) is 8.23. The Balaban J connectivity index is 2.51. The van der Waals surface area contributed by atoms with E-state index < -0.39 is 0 Å². The Morgan fingerprint density at radius 2 is 1.71 bits per heavy atom. The fourth-order valence-electron chi connectivity index (χ4n) is 2.39. The molecule has 1 rings (SSSR count). The van der Waals surface area contributed by atoms with E-state index in [9.17, 15) is 0 Å². The normalized spacial score (nSPS) is 12.6. The molecule has 0 bridgehead atoms. The third kappa shape index (κ3) is 7.44. The Morgan fingerprint density at radius 1 is 1.10 bits per heavy atom. The van der Waals surface area contributed by atoms with Gasteiger partial charge in [-0.05, 0) is 45.4 Å². The van der Waals surface area contributed by atoms with Gasteiger partial charge in [-0.15, -0.1) is 11.3 Å². The molecule has 1 N–H and O–H groups in total. The van der Waals surface area contributed by atoms with Crippen molar-refractivity contribution in [1.82, 2.24) is 10.2 Å². The van der Waals surface area contributed by atoms with E-state index in [0.29, 0.717) is 0 Å². The molecule has 0 saturated carbocycles. The van der Waals surface area contributed by atoms with Gasteiger partial charge in [0.25, 0.3) is 0 Å². The molecule has 0 aliphatic rings. The van der Waals surface area contributed by atoms with Crippen LogP contribution < -0.4 is 5.32 Å². The average Bonchev–Trinajstić information content (AvgIpc) is 2.88. The van der Waals surface area contributed by atoms with Crippen LogP contribution in [0.5, 0.6) is 0 Å². The zero-order valence-electron chi connectivity index (χ0n) is 14.8. The zero-order valence-corrected chi connectivity index (χ0v) is 15.6. The van der Waals surface area contributed by atoms with Crippen LogP contribution >= 0.6 is 11.3 Å². The Kier molecular flexibility index (Phi) is 7.93. The molecule has 0 spiro atoms. The molecule has 0 amide bonds. The molecule has 0 radical (unpaired) electrons. The third-order valence-electron chi connectivity index (χ3n) is 4.01. The van der Waals surface area contributed by atoms with Crippen LogP contribution in [-0.2, 0) is 13.1 Å². The first-order valence-corrected chi connectivity index (χ1v) is 9.24. The second-order valence-electron chi connectivity index (χ2n) is 6.98. The van der Waals surface area contributed by atoms with E-state index in [4.69, 9.17) is 0 Å². The summed E-state index contributed by atoms with van der Waals surface area (Å²) < 4.78 is 0. The minimum atomic E-state index is 0.190. The summed E-state index contributed by atoms with van der Waals surface area (Å²) in [6.45, 7) is 18.0. The molecular weight excluding hydrogens is 276 g/mol. The molecule has 3 heteroatoms. The molecule has 0 aliphatic heterocycles. The van der Waals surface area contributed by atoms with Crippen molar-refractivity contribution in [3.8, 4) is 0 Å². The van der Waals surface area contributed by atoms with E-state index in [-0.39, 0.29) is 5.54 Å². The van der Waals surface area contributed by atoms with Crippen LogP contribution in [0.4, 0.5) is 0 Å². The highest BCUT2D eigenvalue weighted by Gasteiger charge is 2.13. The lowest BCUT2D eigenvalue weighted by Crippen LogP contribution is -2.34. The van der Waals surface area contributed by atoms with Gasteiger partial charge < -0.3 is 5.32 Å². The van der Waals surface area contributed by atoms with Crippen molar-refractivity contribution >= 4 is 11.3 Å².